The van der Waals surface area contributed by atoms with Gasteiger partial charge in [0.05, 0.1) is 29.0 Å². The molecule has 0 aliphatic rings. The molecule has 0 aliphatic heterocycles. The highest BCUT2D eigenvalue weighted by Crippen LogP contribution is 2.26. The topological polar surface area (TPSA) is 101 Å². The number of anilines is 1. The summed E-state index contributed by atoms with van der Waals surface area (Å²) in [5.41, 5.74) is 2.43. The lowest BCUT2D eigenvalue weighted by molar-refractivity contribution is -0.115. The van der Waals surface area contributed by atoms with Crippen LogP contribution in [0.5, 0.6) is 0 Å². The van der Waals surface area contributed by atoms with E-state index in [1.807, 2.05) is 52.0 Å². The van der Waals surface area contributed by atoms with E-state index in [0.717, 1.165) is 16.9 Å². The summed E-state index contributed by atoms with van der Waals surface area (Å²) in [5.74, 6) is -0.104. The van der Waals surface area contributed by atoms with Crippen molar-refractivity contribution >= 4 is 23.4 Å². The first-order valence-electron chi connectivity index (χ1n) is 8.20. The minimum Gasteiger partial charge on any atom is -0.345 e. The SMILES string of the molecule is C[C@H](Sc1nnnn1C(C)(C)C)C(=O)Nc1ccc(-c2cnc[nH]2)cc1. The van der Waals surface area contributed by atoms with Crippen molar-refractivity contribution in [3.05, 3.63) is 36.8 Å². The molecule has 0 saturated carbocycles. The number of nitrogens with one attached hydrogen (secondary N) is 2. The molecule has 26 heavy (non-hydrogen) atoms. The maximum Gasteiger partial charge on any atom is 0.237 e. The van der Waals surface area contributed by atoms with E-state index in [1.54, 1.807) is 17.2 Å². The Labute approximate surface area is 155 Å². The number of carbonyl (C=O) groups is 1. The third kappa shape index (κ3) is 4.10. The smallest absolute Gasteiger partial charge is 0.237 e. The van der Waals surface area contributed by atoms with Gasteiger partial charge in [-0.2, -0.15) is 0 Å². The van der Waals surface area contributed by atoms with Crippen LogP contribution in [0.25, 0.3) is 11.3 Å². The predicted octanol–water partition coefficient (Wildman–Crippen LogP) is 2.94. The van der Waals surface area contributed by atoms with E-state index in [2.05, 4.69) is 30.8 Å². The number of benzene rings is 1. The van der Waals surface area contributed by atoms with Crippen LogP contribution in [0.2, 0.25) is 0 Å². The van der Waals surface area contributed by atoms with Crippen molar-refractivity contribution in [2.45, 2.75) is 43.6 Å². The van der Waals surface area contributed by atoms with Crippen molar-refractivity contribution in [2.75, 3.05) is 5.32 Å². The number of imidazole rings is 1. The first-order chi connectivity index (χ1) is 12.3. The zero-order valence-corrected chi connectivity index (χ0v) is 15.9. The van der Waals surface area contributed by atoms with Crippen LogP contribution in [0, 0.1) is 0 Å². The molecule has 2 N–H and O–H groups in total. The molecule has 0 radical (unpaired) electrons. The number of hydrogen-bond acceptors (Lipinski definition) is 6. The Morgan fingerprint density at radius 3 is 2.62 bits per heavy atom. The van der Waals surface area contributed by atoms with Crippen LogP contribution < -0.4 is 5.32 Å². The van der Waals surface area contributed by atoms with Crippen molar-refractivity contribution < 1.29 is 4.79 Å². The third-order valence-electron chi connectivity index (χ3n) is 3.69. The Bertz CT molecular complexity index is 865. The summed E-state index contributed by atoms with van der Waals surface area (Å²) in [6.07, 6.45) is 3.39. The van der Waals surface area contributed by atoms with Gasteiger partial charge in [0.15, 0.2) is 0 Å². The maximum absolute atomic E-state index is 12.5. The van der Waals surface area contributed by atoms with Gasteiger partial charge in [-0.1, -0.05) is 23.9 Å². The standard InChI is InChI=1S/C17H21N7OS/c1-11(26-16-21-22-23-24(16)17(2,3)4)15(25)20-13-7-5-12(6-8-13)14-9-18-10-19-14/h5-11H,1-4H3,(H,18,19)(H,20,25)/t11-/m0/s1. The zero-order valence-electron chi connectivity index (χ0n) is 15.1. The summed E-state index contributed by atoms with van der Waals surface area (Å²) in [4.78, 5) is 19.5. The van der Waals surface area contributed by atoms with Crippen LogP contribution in [-0.4, -0.2) is 41.3 Å². The van der Waals surface area contributed by atoms with Gasteiger partial charge in [-0.3, -0.25) is 4.79 Å². The molecule has 0 aliphatic carbocycles. The van der Waals surface area contributed by atoms with Crippen molar-refractivity contribution in [3.8, 4) is 11.3 Å². The molecular weight excluding hydrogens is 350 g/mol. The summed E-state index contributed by atoms with van der Waals surface area (Å²) in [7, 11) is 0. The molecule has 0 unspecified atom stereocenters. The number of tetrazole rings is 1. The lowest BCUT2D eigenvalue weighted by atomic mass is 10.1. The van der Waals surface area contributed by atoms with Crippen LogP contribution >= 0.6 is 11.8 Å². The van der Waals surface area contributed by atoms with E-state index in [1.165, 1.54) is 11.8 Å². The second-order valence-electron chi connectivity index (χ2n) is 6.84. The summed E-state index contributed by atoms with van der Waals surface area (Å²) < 4.78 is 1.72. The summed E-state index contributed by atoms with van der Waals surface area (Å²) in [6, 6.07) is 7.59. The van der Waals surface area contributed by atoms with Gasteiger partial charge >= 0.3 is 0 Å². The van der Waals surface area contributed by atoms with Crippen LogP contribution in [0.15, 0.2) is 41.9 Å². The van der Waals surface area contributed by atoms with E-state index in [-0.39, 0.29) is 16.7 Å². The van der Waals surface area contributed by atoms with E-state index in [4.69, 9.17) is 0 Å². The molecular formula is C17H21N7OS. The molecule has 1 amide bonds. The quantitative estimate of drug-likeness (QED) is 0.669. The number of hydrogen-bond donors (Lipinski definition) is 2. The molecule has 0 saturated heterocycles. The van der Waals surface area contributed by atoms with Crippen LogP contribution in [0.3, 0.4) is 0 Å². The summed E-state index contributed by atoms with van der Waals surface area (Å²) in [6.45, 7) is 7.87. The van der Waals surface area contributed by atoms with Gasteiger partial charge in [-0.05, 0) is 55.8 Å². The molecule has 0 fully saturated rings. The average molecular weight is 371 g/mol. The Balaban J connectivity index is 1.64. The van der Waals surface area contributed by atoms with Crippen LogP contribution in [0.1, 0.15) is 27.7 Å². The Morgan fingerprint density at radius 2 is 2.00 bits per heavy atom. The molecule has 1 atom stereocenters. The van der Waals surface area contributed by atoms with Gasteiger partial charge in [0, 0.05) is 5.69 Å². The average Bonchev–Trinajstić information content (AvgIpc) is 3.26. The molecule has 3 aromatic rings. The molecule has 2 heterocycles. The molecule has 8 nitrogen and oxygen atoms in total. The van der Waals surface area contributed by atoms with Gasteiger partial charge < -0.3 is 10.3 Å². The van der Waals surface area contributed by atoms with Gasteiger partial charge in [0.2, 0.25) is 11.1 Å². The molecule has 0 spiro atoms. The van der Waals surface area contributed by atoms with Crippen LogP contribution in [0.4, 0.5) is 5.69 Å². The number of H-pyrrole nitrogens is 1. The first kappa shape index (κ1) is 18.1. The molecule has 3 rings (SSSR count). The summed E-state index contributed by atoms with van der Waals surface area (Å²) >= 11 is 1.33. The Morgan fingerprint density at radius 1 is 1.27 bits per heavy atom. The lowest BCUT2D eigenvalue weighted by Gasteiger charge is -2.20. The normalized spacial score (nSPS) is 12.8. The fourth-order valence-electron chi connectivity index (χ4n) is 2.28. The van der Waals surface area contributed by atoms with E-state index in [9.17, 15) is 4.79 Å². The molecule has 2 aromatic heterocycles. The number of rotatable bonds is 5. The van der Waals surface area contributed by atoms with Gasteiger partial charge in [-0.25, -0.2) is 9.67 Å². The summed E-state index contributed by atoms with van der Waals surface area (Å²) in [5, 5.41) is 15.0. The number of nitrogens with zero attached hydrogens (tertiary/aromatic N) is 5. The van der Waals surface area contributed by atoms with Gasteiger partial charge in [0.25, 0.3) is 0 Å². The molecule has 0 bridgehead atoms. The van der Waals surface area contributed by atoms with Crippen molar-refractivity contribution in [2.24, 2.45) is 0 Å². The largest absolute Gasteiger partial charge is 0.345 e. The second kappa shape index (κ2) is 7.28. The lowest BCUT2D eigenvalue weighted by Crippen LogP contribution is -2.27. The van der Waals surface area contributed by atoms with Crippen molar-refractivity contribution in [1.29, 1.82) is 0 Å². The van der Waals surface area contributed by atoms with Crippen molar-refractivity contribution in [3.63, 3.8) is 0 Å². The maximum atomic E-state index is 12.5. The number of thioether (sulfide) groups is 1. The van der Waals surface area contributed by atoms with E-state index >= 15 is 0 Å². The predicted molar refractivity (Wildman–Crippen MR) is 101 cm³/mol. The van der Waals surface area contributed by atoms with E-state index in [0.29, 0.717) is 5.16 Å². The number of aromatic nitrogens is 6. The molecule has 1 aromatic carbocycles. The Hall–Kier alpha value is -2.68. The fourth-order valence-corrected chi connectivity index (χ4v) is 3.25. The van der Waals surface area contributed by atoms with Crippen molar-refractivity contribution in [1.82, 2.24) is 30.2 Å². The fraction of sp³-hybridized carbons (Fsp3) is 0.353. The Kier molecular flexibility index (Phi) is 5.08. The minimum absolute atomic E-state index is 0.104. The number of carbonyl (C=O) groups excluding carboxylic acids is 1. The molecule has 9 heteroatoms. The minimum atomic E-state index is -0.339. The zero-order chi connectivity index (χ0) is 18.7. The van der Waals surface area contributed by atoms with Gasteiger partial charge in [0.1, 0.15) is 0 Å². The number of amides is 1. The highest BCUT2D eigenvalue weighted by molar-refractivity contribution is 8.00. The van der Waals surface area contributed by atoms with E-state index < -0.39 is 0 Å². The monoisotopic (exact) mass is 371 g/mol. The van der Waals surface area contributed by atoms with Crippen LogP contribution in [-0.2, 0) is 10.3 Å². The first-order valence-corrected chi connectivity index (χ1v) is 9.08. The second-order valence-corrected chi connectivity index (χ2v) is 8.14. The highest BCUT2D eigenvalue weighted by Gasteiger charge is 2.24. The highest BCUT2D eigenvalue weighted by atomic mass is 32.2. The number of aromatic amines is 1. The third-order valence-corrected chi connectivity index (χ3v) is 4.72. The van der Waals surface area contributed by atoms with Gasteiger partial charge in [-0.15, -0.1) is 5.10 Å². The molecule has 136 valence electrons.